The van der Waals surface area contributed by atoms with E-state index in [1.54, 1.807) is 19.4 Å². The number of fused-ring (bicyclic) bond motifs is 1. The van der Waals surface area contributed by atoms with Crippen LogP contribution in [-0.4, -0.2) is 65.9 Å². The number of carbonyl (C=O) groups excluding carboxylic acids is 1. The summed E-state index contributed by atoms with van der Waals surface area (Å²) in [6, 6.07) is 9.32. The molecule has 33 heavy (non-hydrogen) atoms. The van der Waals surface area contributed by atoms with Crippen LogP contribution in [0.15, 0.2) is 42.7 Å². The molecule has 170 valence electrons. The largest absolute Gasteiger partial charge is 0.438 e. The maximum Gasteiger partial charge on any atom is 0.438 e. The van der Waals surface area contributed by atoms with Gasteiger partial charge in [0.1, 0.15) is 0 Å². The molecular formula is C22H24N8O3. The summed E-state index contributed by atoms with van der Waals surface area (Å²) in [6.07, 6.45) is 3.40. The van der Waals surface area contributed by atoms with Gasteiger partial charge < -0.3 is 20.2 Å². The summed E-state index contributed by atoms with van der Waals surface area (Å²) in [5.41, 5.74) is 8.71. The molecule has 2 N–H and O–H groups in total. The minimum atomic E-state index is -0.502. The summed E-state index contributed by atoms with van der Waals surface area (Å²) in [7, 11) is 1.67. The number of benzene rings is 1. The number of anilines is 4. The Hall–Kier alpha value is -3.99. The fraction of sp³-hybridized carbons (Fsp3) is 0.318. The molecule has 5 rings (SSSR count). The van der Waals surface area contributed by atoms with Crippen molar-refractivity contribution in [1.29, 1.82) is 0 Å². The number of nitrogens with zero attached hydrogens (tertiary/aromatic N) is 7. The van der Waals surface area contributed by atoms with Gasteiger partial charge in [0.15, 0.2) is 5.82 Å². The van der Waals surface area contributed by atoms with E-state index in [4.69, 9.17) is 25.3 Å². The summed E-state index contributed by atoms with van der Waals surface area (Å²) in [4.78, 5) is 39.9. The molecule has 0 atom stereocenters. The van der Waals surface area contributed by atoms with Crippen molar-refractivity contribution in [3.8, 4) is 11.3 Å². The van der Waals surface area contributed by atoms with Gasteiger partial charge in [0.2, 0.25) is 11.9 Å². The second-order valence-electron chi connectivity index (χ2n) is 7.71. The van der Waals surface area contributed by atoms with Gasteiger partial charge >= 0.3 is 6.09 Å². The monoisotopic (exact) mass is 448 g/mol. The van der Waals surface area contributed by atoms with E-state index in [-0.39, 0.29) is 5.95 Å². The van der Waals surface area contributed by atoms with E-state index < -0.39 is 6.09 Å². The third-order valence-corrected chi connectivity index (χ3v) is 5.62. The minimum absolute atomic E-state index is 0.192. The molecule has 4 heterocycles. The zero-order valence-electron chi connectivity index (χ0n) is 18.2. The molecule has 0 radical (unpaired) electrons. The topological polar surface area (TPSA) is 123 Å². The zero-order chi connectivity index (χ0) is 22.8. The molecule has 3 aromatic rings. The predicted octanol–water partition coefficient (Wildman–Crippen LogP) is 1.90. The van der Waals surface area contributed by atoms with Crippen LogP contribution < -0.4 is 20.6 Å². The van der Waals surface area contributed by atoms with E-state index in [0.29, 0.717) is 56.7 Å². The molecule has 1 aromatic carbocycles. The molecule has 2 aliphatic heterocycles. The van der Waals surface area contributed by atoms with Gasteiger partial charge in [-0.1, -0.05) is 18.2 Å². The number of rotatable bonds is 4. The number of amides is 1. The lowest BCUT2D eigenvalue weighted by molar-refractivity contribution is 0.122. The molecule has 2 aliphatic rings. The molecular weight excluding hydrogens is 424 g/mol. The fourth-order valence-electron chi connectivity index (χ4n) is 3.82. The van der Waals surface area contributed by atoms with Crippen LogP contribution in [0, 0.1) is 0 Å². The molecule has 11 nitrogen and oxygen atoms in total. The Bertz CT molecular complexity index is 1140. The number of nitrogen functional groups attached to an aromatic ring is 1. The minimum Gasteiger partial charge on any atom is -0.378 e. The lowest BCUT2D eigenvalue weighted by atomic mass is 10.1. The highest BCUT2D eigenvalue weighted by Crippen LogP contribution is 2.35. The van der Waals surface area contributed by atoms with Gasteiger partial charge in [-0.05, 0) is 18.6 Å². The van der Waals surface area contributed by atoms with E-state index >= 15 is 0 Å². The first-order chi connectivity index (χ1) is 16.1. The van der Waals surface area contributed by atoms with Crippen LogP contribution >= 0.6 is 0 Å². The Balaban J connectivity index is 1.48. The number of carbonyl (C=O) groups is 1. The van der Waals surface area contributed by atoms with Crippen molar-refractivity contribution in [2.24, 2.45) is 0 Å². The lowest BCUT2D eigenvalue weighted by Crippen LogP contribution is -2.38. The maximum absolute atomic E-state index is 12.8. The average molecular weight is 448 g/mol. The van der Waals surface area contributed by atoms with Gasteiger partial charge in [-0.25, -0.2) is 19.7 Å². The molecule has 0 bridgehead atoms. The van der Waals surface area contributed by atoms with E-state index in [2.05, 4.69) is 14.9 Å². The summed E-state index contributed by atoms with van der Waals surface area (Å²) in [5.74, 6) is 1.30. The molecule has 0 aliphatic carbocycles. The van der Waals surface area contributed by atoms with Gasteiger partial charge in [0.05, 0.1) is 25.5 Å². The normalized spacial score (nSPS) is 15.3. The zero-order valence-corrected chi connectivity index (χ0v) is 18.2. The van der Waals surface area contributed by atoms with Gasteiger partial charge in [-0.2, -0.15) is 10.0 Å². The Kier molecular flexibility index (Phi) is 5.61. The molecule has 2 aromatic heterocycles. The van der Waals surface area contributed by atoms with Crippen LogP contribution in [-0.2, 0) is 16.0 Å². The standard InChI is InChI=1S/C22H24N8O3/c1-28(16-5-3-2-4-6-16)22(31)33-30-8-7-17-18(15-13-24-20(23)25-14-15)26-21(27-19(17)30)29-9-11-32-12-10-29/h2-6,13-14H,7-12H2,1H3,(H2,23,24,25). The lowest BCUT2D eigenvalue weighted by Gasteiger charge is -2.28. The van der Waals surface area contributed by atoms with Crippen LogP contribution in [0.2, 0.25) is 0 Å². The summed E-state index contributed by atoms with van der Waals surface area (Å²) in [6.45, 7) is 3.01. The smallest absolute Gasteiger partial charge is 0.378 e. The van der Waals surface area contributed by atoms with Gasteiger partial charge in [0.25, 0.3) is 0 Å². The third-order valence-electron chi connectivity index (χ3n) is 5.62. The van der Waals surface area contributed by atoms with Crippen molar-refractivity contribution in [2.75, 3.05) is 60.5 Å². The van der Waals surface area contributed by atoms with E-state index in [1.165, 1.54) is 9.96 Å². The number of nitrogens with two attached hydrogens (primary N) is 1. The number of hydrogen-bond acceptors (Lipinski definition) is 10. The number of morpholine rings is 1. The van der Waals surface area contributed by atoms with E-state index in [0.717, 1.165) is 16.8 Å². The number of para-hydroxylation sites is 1. The SMILES string of the molecule is CN(C(=O)ON1CCc2c(-c3cnc(N)nc3)nc(N3CCOCC3)nc21)c1ccccc1. The maximum atomic E-state index is 12.8. The van der Waals surface area contributed by atoms with Crippen LogP contribution in [0.25, 0.3) is 11.3 Å². The highest BCUT2D eigenvalue weighted by atomic mass is 16.7. The predicted molar refractivity (Wildman–Crippen MR) is 123 cm³/mol. The van der Waals surface area contributed by atoms with Crippen molar-refractivity contribution >= 4 is 29.5 Å². The molecule has 11 heteroatoms. The molecule has 1 saturated heterocycles. The van der Waals surface area contributed by atoms with Crippen molar-refractivity contribution < 1.29 is 14.4 Å². The summed E-state index contributed by atoms with van der Waals surface area (Å²) in [5, 5.41) is 1.53. The highest BCUT2D eigenvalue weighted by Gasteiger charge is 2.31. The average Bonchev–Trinajstić information content (AvgIpc) is 3.27. The molecule has 1 fully saturated rings. The summed E-state index contributed by atoms with van der Waals surface area (Å²) >= 11 is 0. The van der Waals surface area contributed by atoms with E-state index in [1.807, 2.05) is 30.3 Å². The first-order valence-corrected chi connectivity index (χ1v) is 10.7. The van der Waals surface area contributed by atoms with Crippen LogP contribution in [0.5, 0.6) is 0 Å². The first kappa shape index (κ1) is 20.9. The van der Waals surface area contributed by atoms with Crippen molar-refractivity contribution in [2.45, 2.75) is 6.42 Å². The fourth-order valence-corrected chi connectivity index (χ4v) is 3.82. The van der Waals surface area contributed by atoms with Crippen molar-refractivity contribution in [1.82, 2.24) is 19.9 Å². The number of ether oxygens (including phenoxy) is 1. The third kappa shape index (κ3) is 4.22. The Morgan fingerprint density at radius 1 is 1.09 bits per heavy atom. The van der Waals surface area contributed by atoms with Crippen LogP contribution in [0.1, 0.15) is 5.56 Å². The van der Waals surface area contributed by atoms with Gasteiger partial charge in [0, 0.05) is 49.3 Å². The van der Waals surface area contributed by atoms with Crippen molar-refractivity contribution in [3.05, 3.63) is 48.3 Å². The van der Waals surface area contributed by atoms with Crippen molar-refractivity contribution in [3.63, 3.8) is 0 Å². The molecule has 0 unspecified atom stereocenters. The Morgan fingerprint density at radius 3 is 2.55 bits per heavy atom. The second kappa shape index (κ2) is 8.87. The number of aromatic nitrogens is 4. The molecule has 0 spiro atoms. The number of hydroxylamine groups is 1. The molecule has 1 amide bonds. The van der Waals surface area contributed by atoms with Gasteiger partial charge in [-0.3, -0.25) is 4.90 Å². The second-order valence-corrected chi connectivity index (χ2v) is 7.71. The van der Waals surface area contributed by atoms with Crippen LogP contribution in [0.4, 0.5) is 28.2 Å². The number of hydrogen-bond donors (Lipinski definition) is 1. The first-order valence-electron chi connectivity index (χ1n) is 10.7. The van der Waals surface area contributed by atoms with Crippen LogP contribution in [0.3, 0.4) is 0 Å². The Labute approximate surface area is 190 Å². The quantitative estimate of drug-likeness (QED) is 0.633. The highest BCUT2D eigenvalue weighted by molar-refractivity contribution is 5.87. The van der Waals surface area contributed by atoms with Gasteiger partial charge in [-0.15, -0.1) is 0 Å². The summed E-state index contributed by atoms with van der Waals surface area (Å²) < 4.78 is 5.47. The molecule has 0 saturated carbocycles. The Morgan fingerprint density at radius 2 is 1.82 bits per heavy atom. The van der Waals surface area contributed by atoms with E-state index in [9.17, 15) is 4.79 Å².